The zero-order valence-corrected chi connectivity index (χ0v) is 9.35. The Kier molecular flexibility index (Phi) is 4.29. The van der Waals surface area contributed by atoms with E-state index in [0.29, 0.717) is 5.16 Å². The molecule has 1 aromatic heterocycles. The van der Waals surface area contributed by atoms with E-state index in [1.165, 1.54) is 18.7 Å². The lowest BCUT2D eigenvalue weighted by Crippen LogP contribution is -2.26. The van der Waals surface area contributed by atoms with Gasteiger partial charge in [0.25, 0.3) is 5.56 Å². The van der Waals surface area contributed by atoms with Crippen molar-refractivity contribution < 1.29 is 4.79 Å². The number of carbonyl (C=O) groups is 1. The number of rotatable bonds is 4. The van der Waals surface area contributed by atoms with Crippen LogP contribution in [0.15, 0.2) is 9.95 Å². The van der Waals surface area contributed by atoms with Crippen LogP contribution in [0.4, 0.5) is 0 Å². The van der Waals surface area contributed by atoms with E-state index >= 15 is 0 Å². The van der Waals surface area contributed by atoms with Gasteiger partial charge in [-0.25, -0.2) is 0 Å². The van der Waals surface area contributed by atoms with Gasteiger partial charge in [-0.2, -0.15) is 0 Å². The highest BCUT2D eigenvalue weighted by atomic mass is 32.2. The van der Waals surface area contributed by atoms with E-state index in [1.807, 2.05) is 6.92 Å². The highest BCUT2D eigenvalue weighted by Gasteiger charge is 2.04. The fourth-order valence-corrected chi connectivity index (χ4v) is 1.41. The summed E-state index contributed by atoms with van der Waals surface area (Å²) in [4.78, 5) is 24.6. The molecule has 0 unspecified atom stereocenters. The highest BCUT2D eigenvalue weighted by molar-refractivity contribution is 7.99. The number of amides is 1. The number of nitrogens with one attached hydrogen (secondary N) is 2. The van der Waals surface area contributed by atoms with E-state index in [4.69, 9.17) is 0 Å². The molecule has 0 radical (unpaired) electrons. The van der Waals surface area contributed by atoms with Crippen molar-refractivity contribution in [1.82, 2.24) is 20.5 Å². The number of thioether (sulfide) groups is 1. The van der Waals surface area contributed by atoms with Gasteiger partial charge in [-0.3, -0.25) is 14.6 Å². The van der Waals surface area contributed by atoms with Gasteiger partial charge >= 0.3 is 0 Å². The van der Waals surface area contributed by atoms with Crippen molar-refractivity contribution in [2.24, 2.45) is 0 Å². The van der Waals surface area contributed by atoms with Crippen molar-refractivity contribution in [2.75, 3.05) is 5.75 Å². The summed E-state index contributed by atoms with van der Waals surface area (Å²) in [5, 5.41) is 10.5. The number of hydrogen-bond acceptors (Lipinski definition) is 5. The first-order valence-corrected chi connectivity index (χ1v) is 5.45. The fraction of sp³-hybridized carbons (Fsp3) is 0.500. The minimum Gasteiger partial charge on any atom is -0.350 e. The lowest BCUT2D eigenvalue weighted by atomic mass is 10.4. The average Bonchev–Trinajstić information content (AvgIpc) is 2.17. The molecule has 0 saturated heterocycles. The molecule has 1 amide bonds. The van der Waals surface area contributed by atoms with Crippen molar-refractivity contribution in [3.05, 3.63) is 16.0 Å². The quantitative estimate of drug-likeness (QED) is 0.703. The molecule has 1 heterocycles. The van der Waals surface area contributed by atoms with Gasteiger partial charge in [0.2, 0.25) is 5.91 Å². The molecule has 1 rings (SSSR count). The van der Waals surface area contributed by atoms with E-state index < -0.39 is 0 Å². The largest absolute Gasteiger partial charge is 0.350 e. The minimum atomic E-state index is -0.310. The Morgan fingerprint density at radius 2 is 2.27 bits per heavy atom. The summed E-state index contributed by atoms with van der Waals surface area (Å²) in [6.45, 7) is 3.44. The van der Waals surface area contributed by atoms with Crippen LogP contribution in [0.25, 0.3) is 0 Å². The van der Waals surface area contributed by atoms with Gasteiger partial charge in [0.05, 0.1) is 6.54 Å². The summed E-state index contributed by atoms with van der Waals surface area (Å²) in [5.74, 6) is 0.610. The molecule has 0 bridgehead atoms. The van der Waals surface area contributed by atoms with Crippen molar-refractivity contribution in [3.63, 3.8) is 0 Å². The number of carbonyl (C=O) groups excluding carboxylic acids is 1. The van der Waals surface area contributed by atoms with Crippen molar-refractivity contribution in [2.45, 2.75) is 25.5 Å². The lowest BCUT2D eigenvalue weighted by molar-refractivity contribution is -0.119. The monoisotopic (exact) mass is 228 g/mol. The molecule has 0 aliphatic carbocycles. The maximum absolute atomic E-state index is 11.4. The van der Waals surface area contributed by atoms with Crippen LogP contribution in [0.5, 0.6) is 0 Å². The second-order valence-corrected chi connectivity index (χ2v) is 4.00. The lowest BCUT2D eigenvalue weighted by Gasteiger charge is -2.00. The van der Waals surface area contributed by atoms with E-state index in [1.54, 1.807) is 0 Å². The molecule has 0 aliphatic rings. The first-order chi connectivity index (χ1) is 7.13. The third kappa shape index (κ3) is 3.70. The molecule has 82 valence electrons. The van der Waals surface area contributed by atoms with E-state index in [0.717, 1.165) is 5.75 Å². The third-order valence-electron chi connectivity index (χ3n) is 1.53. The summed E-state index contributed by atoms with van der Waals surface area (Å²) in [7, 11) is 0. The molecule has 1 aromatic rings. The van der Waals surface area contributed by atoms with Gasteiger partial charge < -0.3 is 5.32 Å². The minimum absolute atomic E-state index is 0.106. The third-order valence-corrected chi connectivity index (χ3v) is 2.28. The van der Waals surface area contributed by atoms with Crippen LogP contribution in [-0.2, 0) is 11.3 Å². The van der Waals surface area contributed by atoms with Crippen LogP contribution in [0.2, 0.25) is 0 Å². The summed E-state index contributed by atoms with van der Waals surface area (Å²) >= 11 is 1.41. The van der Waals surface area contributed by atoms with Crippen LogP contribution in [0.1, 0.15) is 19.5 Å². The SMILES string of the molecule is CCSc1nnc(CNC(C)=O)c(=O)[nH]1. The second-order valence-electron chi connectivity index (χ2n) is 2.75. The predicted molar refractivity (Wildman–Crippen MR) is 56.6 cm³/mol. The zero-order chi connectivity index (χ0) is 11.3. The van der Waals surface area contributed by atoms with Crippen LogP contribution in [0, 0.1) is 0 Å². The van der Waals surface area contributed by atoms with Crippen LogP contribution in [-0.4, -0.2) is 26.8 Å². The number of nitrogens with zero attached hydrogens (tertiary/aromatic N) is 2. The van der Waals surface area contributed by atoms with Gasteiger partial charge in [0.1, 0.15) is 5.69 Å². The molecule has 15 heavy (non-hydrogen) atoms. The first-order valence-electron chi connectivity index (χ1n) is 4.46. The number of H-pyrrole nitrogens is 1. The first kappa shape index (κ1) is 11.7. The van der Waals surface area contributed by atoms with E-state index in [2.05, 4.69) is 20.5 Å². The van der Waals surface area contributed by atoms with Crippen LogP contribution >= 0.6 is 11.8 Å². The topological polar surface area (TPSA) is 87.7 Å². The maximum Gasteiger partial charge on any atom is 0.275 e. The Labute approximate surface area is 90.9 Å². The fourth-order valence-electron chi connectivity index (χ4n) is 0.871. The molecule has 0 saturated carbocycles. The smallest absolute Gasteiger partial charge is 0.275 e. The molecular weight excluding hydrogens is 216 g/mol. The molecule has 0 atom stereocenters. The summed E-state index contributed by atoms with van der Waals surface area (Å²) in [6.07, 6.45) is 0. The van der Waals surface area contributed by atoms with Gasteiger partial charge in [0.15, 0.2) is 5.16 Å². The number of hydrogen-bond donors (Lipinski definition) is 2. The molecule has 2 N–H and O–H groups in total. The predicted octanol–water partition coefficient (Wildman–Crippen LogP) is -0.0870. The molecule has 7 heteroatoms. The molecule has 6 nitrogen and oxygen atoms in total. The van der Waals surface area contributed by atoms with E-state index in [9.17, 15) is 9.59 Å². The molecule has 0 aromatic carbocycles. The molecule has 0 spiro atoms. The maximum atomic E-state index is 11.4. The number of aromatic amines is 1. The number of aromatic nitrogens is 3. The standard InChI is InChI=1S/C8H12N4O2S/c1-3-15-8-10-7(14)6(11-12-8)4-9-5(2)13/h3-4H2,1-2H3,(H,9,13)(H,10,12,14). The van der Waals surface area contributed by atoms with Gasteiger partial charge in [-0.1, -0.05) is 18.7 Å². The Morgan fingerprint density at radius 3 is 2.80 bits per heavy atom. The molecule has 0 aliphatic heterocycles. The van der Waals surface area contributed by atoms with Gasteiger partial charge in [-0.05, 0) is 5.75 Å². The Hall–Kier alpha value is -1.37. The summed E-state index contributed by atoms with van der Waals surface area (Å²) in [5.41, 5.74) is -0.0969. The molecular formula is C8H12N4O2S. The van der Waals surface area contributed by atoms with Gasteiger partial charge in [-0.15, -0.1) is 10.2 Å². The highest BCUT2D eigenvalue weighted by Crippen LogP contribution is 2.07. The zero-order valence-electron chi connectivity index (χ0n) is 8.53. The van der Waals surface area contributed by atoms with Crippen molar-refractivity contribution in [3.8, 4) is 0 Å². The van der Waals surface area contributed by atoms with Crippen molar-refractivity contribution in [1.29, 1.82) is 0 Å². The Balaban J connectivity index is 2.75. The average molecular weight is 228 g/mol. The van der Waals surface area contributed by atoms with Crippen LogP contribution < -0.4 is 10.9 Å². The van der Waals surface area contributed by atoms with Gasteiger partial charge in [0, 0.05) is 6.92 Å². The second kappa shape index (κ2) is 5.50. The Bertz CT molecular complexity index is 404. The Morgan fingerprint density at radius 1 is 1.53 bits per heavy atom. The van der Waals surface area contributed by atoms with E-state index in [-0.39, 0.29) is 23.7 Å². The normalized spacial score (nSPS) is 10.0. The summed E-state index contributed by atoms with van der Waals surface area (Å²) in [6, 6.07) is 0. The van der Waals surface area contributed by atoms with Crippen molar-refractivity contribution >= 4 is 17.7 Å². The summed E-state index contributed by atoms with van der Waals surface area (Å²) < 4.78 is 0. The van der Waals surface area contributed by atoms with Crippen LogP contribution in [0.3, 0.4) is 0 Å². The molecule has 0 fully saturated rings.